The maximum absolute atomic E-state index is 10.1. The van der Waals surface area contributed by atoms with Gasteiger partial charge in [-0.3, -0.25) is 10.1 Å². The molecule has 0 spiro atoms. The van der Waals surface area contributed by atoms with Crippen LogP contribution in [-0.2, 0) is 9.53 Å². The molecule has 1 saturated heterocycles. The molecule has 1 unspecified atom stereocenters. The zero-order valence-electron chi connectivity index (χ0n) is 5.96. The van der Waals surface area contributed by atoms with E-state index in [1.807, 2.05) is 0 Å². The minimum atomic E-state index is 0.00579. The number of nitrogens with zero attached hydrogens (tertiary/aromatic N) is 1. The summed E-state index contributed by atoms with van der Waals surface area (Å²) < 4.78 is 5.12. The zero-order valence-corrected chi connectivity index (χ0v) is 5.96. The van der Waals surface area contributed by atoms with Crippen molar-refractivity contribution in [2.45, 2.75) is 6.17 Å². The molecule has 1 fully saturated rings. The summed E-state index contributed by atoms with van der Waals surface area (Å²) in [6.45, 7) is 2.09. The molecule has 1 aliphatic rings. The SMILES string of the molecule is CN([C]=O)C1COCCN1. The summed E-state index contributed by atoms with van der Waals surface area (Å²) in [7, 11) is 1.68. The topological polar surface area (TPSA) is 41.6 Å². The van der Waals surface area contributed by atoms with E-state index < -0.39 is 0 Å². The first-order valence-corrected chi connectivity index (χ1v) is 3.26. The molecule has 0 aromatic rings. The molecule has 0 bridgehead atoms. The van der Waals surface area contributed by atoms with E-state index in [0.29, 0.717) is 6.61 Å². The smallest absolute Gasteiger partial charge is 0.313 e. The highest BCUT2D eigenvalue weighted by Crippen LogP contribution is 1.94. The molecule has 0 saturated carbocycles. The third-order valence-corrected chi connectivity index (χ3v) is 1.51. The van der Waals surface area contributed by atoms with Gasteiger partial charge in [0.15, 0.2) is 0 Å². The van der Waals surface area contributed by atoms with Crippen molar-refractivity contribution in [1.82, 2.24) is 10.2 Å². The minimum absolute atomic E-state index is 0.00579. The standard InChI is InChI=1S/C6H11N2O2/c1-8(5-9)6-4-10-3-2-7-6/h6-7H,2-4H2,1H3. The summed E-state index contributed by atoms with van der Waals surface area (Å²) in [6, 6.07) is 0. The van der Waals surface area contributed by atoms with Gasteiger partial charge in [-0.25, -0.2) is 0 Å². The fourth-order valence-corrected chi connectivity index (χ4v) is 0.864. The van der Waals surface area contributed by atoms with Gasteiger partial charge in [-0.15, -0.1) is 0 Å². The molecule has 1 N–H and O–H groups in total. The van der Waals surface area contributed by atoms with E-state index in [9.17, 15) is 4.79 Å². The Morgan fingerprint density at radius 2 is 2.60 bits per heavy atom. The molecule has 1 amide bonds. The molecule has 1 aliphatic heterocycles. The van der Waals surface area contributed by atoms with Gasteiger partial charge >= 0.3 is 6.41 Å². The molecule has 0 aromatic carbocycles. The van der Waals surface area contributed by atoms with E-state index in [1.54, 1.807) is 13.5 Å². The fourth-order valence-electron chi connectivity index (χ4n) is 0.864. The van der Waals surface area contributed by atoms with E-state index in [-0.39, 0.29) is 6.17 Å². The maximum Gasteiger partial charge on any atom is 0.313 e. The van der Waals surface area contributed by atoms with Gasteiger partial charge in [0, 0.05) is 13.6 Å². The van der Waals surface area contributed by atoms with Crippen molar-refractivity contribution in [2.75, 3.05) is 26.8 Å². The second-order valence-electron chi connectivity index (χ2n) is 2.25. The monoisotopic (exact) mass is 143 g/mol. The minimum Gasteiger partial charge on any atom is -0.377 e. The van der Waals surface area contributed by atoms with Gasteiger partial charge in [-0.2, -0.15) is 0 Å². The van der Waals surface area contributed by atoms with Crippen molar-refractivity contribution in [1.29, 1.82) is 0 Å². The van der Waals surface area contributed by atoms with E-state index in [4.69, 9.17) is 4.74 Å². The Morgan fingerprint density at radius 3 is 3.10 bits per heavy atom. The van der Waals surface area contributed by atoms with Gasteiger partial charge in [0.1, 0.15) is 6.17 Å². The van der Waals surface area contributed by atoms with Crippen LogP contribution in [-0.4, -0.2) is 44.3 Å². The highest BCUT2D eigenvalue weighted by atomic mass is 16.5. The van der Waals surface area contributed by atoms with Crippen LogP contribution in [0.5, 0.6) is 0 Å². The molecule has 10 heavy (non-hydrogen) atoms. The molecule has 1 radical (unpaired) electrons. The van der Waals surface area contributed by atoms with Gasteiger partial charge < -0.3 is 9.64 Å². The number of hydrogen-bond donors (Lipinski definition) is 1. The van der Waals surface area contributed by atoms with E-state index in [0.717, 1.165) is 13.2 Å². The maximum atomic E-state index is 10.1. The van der Waals surface area contributed by atoms with Crippen molar-refractivity contribution in [3.8, 4) is 0 Å². The first-order valence-electron chi connectivity index (χ1n) is 3.26. The Hall–Kier alpha value is -0.610. The number of rotatable bonds is 2. The van der Waals surface area contributed by atoms with Gasteiger partial charge in [-0.05, 0) is 0 Å². The summed E-state index contributed by atoms with van der Waals surface area (Å²) in [6.07, 6.45) is 1.78. The zero-order chi connectivity index (χ0) is 7.40. The highest BCUT2D eigenvalue weighted by molar-refractivity contribution is 5.47. The Kier molecular flexibility index (Phi) is 2.65. The Balaban J connectivity index is 2.30. The lowest BCUT2D eigenvalue weighted by atomic mass is 10.4. The lowest BCUT2D eigenvalue weighted by Gasteiger charge is -2.28. The lowest BCUT2D eigenvalue weighted by Crippen LogP contribution is -2.50. The number of ether oxygens (including phenoxy) is 1. The Bertz CT molecular complexity index is 112. The number of morpholine rings is 1. The van der Waals surface area contributed by atoms with E-state index in [1.165, 1.54) is 4.90 Å². The van der Waals surface area contributed by atoms with Crippen LogP contribution in [0.2, 0.25) is 0 Å². The van der Waals surface area contributed by atoms with Crippen LogP contribution < -0.4 is 5.32 Å². The normalized spacial score (nSPS) is 25.9. The van der Waals surface area contributed by atoms with Crippen LogP contribution in [0.25, 0.3) is 0 Å². The predicted molar refractivity (Wildman–Crippen MR) is 36.1 cm³/mol. The van der Waals surface area contributed by atoms with Crippen LogP contribution in [0.15, 0.2) is 0 Å². The molecule has 0 aliphatic carbocycles. The quantitative estimate of drug-likeness (QED) is 0.500. The number of likely N-dealkylation sites (N-methyl/N-ethyl adjacent to an activating group) is 1. The summed E-state index contributed by atoms with van der Waals surface area (Å²) in [5.74, 6) is 0. The summed E-state index contributed by atoms with van der Waals surface area (Å²) in [5.41, 5.74) is 0. The van der Waals surface area contributed by atoms with Crippen LogP contribution in [0.3, 0.4) is 0 Å². The number of carbonyl (C=O) groups excluding carboxylic acids is 1. The van der Waals surface area contributed by atoms with Crippen molar-refractivity contribution in [2.24, 2.45) is 0 Å². The van der Waals surface area contributed by atoms with Crippen LogP contribution in [0.4, 0.5) is 0 Å². The van der Waals surface area contributed by atoms with Crippen molar-refractivity contribution in [3.63, 3.8) is 0 Å². The lowest BCUT2D eigenvalue weighted by molar-refractivity contribution is 0.0404. The summed E-state index contributed by atoms with van der Waals surface area (Å²) >= 11 is 0. The van der Waals surface area contributed by atoms with E-state index in [2.05, 4.69) is 5.32 Å². The Labute approximate surface area is 60.1 Å². The predicted octanol–water partition coefficient (Wildman–Crippen LogP) is -1.07. The molecular weight excluding hydrogens is 132 g/mol. The second-order valence-corrected chi connectivity index (χ2v) is 2.25. The van der Waals surface area contributed by atoms with Gasteiger partial charge in [0.25, 0.3) is 0 Å². The number of amides is 1. The third-order valence-electron chi connectivity index (χ3n) is 1.51. The second kappa shape index (κ2) is 3.53. The molecule has 0 aromatic heterocycles. The largest absolute Gasteiger partial charge is 0.377 e. The summed E-state index contributed by atoms with van der Waals surface area (Å²) in [4.78, 5) is 11.6. The van der Waals surface area contributed by atoms with Gasteiger partial charge in [0.2, 0.25) is 0 Å². The number of hydrogen-bond acceptors (Lipinski definition) is 3. The highest BCUT2D eigenvalue weighted by Gasteiger charge is 2.16. The van der Waals surface area contributed by atoms with Gasteiger partial charge in [0.05, 0.1) is 13.2 Å². The molecule has 4 nitrogen and oxygen atoms in total. The molecule has 57 valence electrons. The van der Waals surface area contributed by atoms with Crippen LogP contribution in [0.1, 0.15) is 0 Å². The molecular formula is C6H11N2O2. The van der Waals surface area contributed by atoms with Crippen LogP contribution >= 0.6 is 0 Å². The molecule has 4 heteroatoms. The van der Waals surface area contributed by atoms with Crippen molar-refractivity contribution in [3.05, 3.63) is 0 Å². The van der Waals surface area contributed by atoms with Crippen LogP contribution in [0, 0.1) is 0 Å². The average Bonchev–Trinajstić information content (AvgIpc) is 2.05. The number of nitrogens with one attached hydrogen (secondary N) is 1. The van der Waals surface area contributed by atoms with E-state index >= 15 is 0 Å². The summed E-state index contributed by atoms with van der Waals surface area (Å²) in [5, 5.41) is 3.11. The van der Waals surface area contributed by atoms with Gasteiger partial charge in [-0.1, -0.05) is 0 Å². The first-order chi connectivity index (χ1) is 4.84. The third kappa shape index (κ3) is 1.68. The molecule has 1 rings (SSSR count). The Morgan fingerprint density at radius 1 is 1.80 bits per heavy atom. The fraction of sp³-hybridized carbons (Fsp3) is 0.833. The first kappa shape index (κ1) is 7.50. The average molecular weight is 143 g/mol. The molecule has 1 atom stereocenters. The van der Waals surface area contributed by atoms with Crippen molar-refractivity contribution >= 4 is 6.41 Å². The molecule has 1 heterocycles. The van der Waals surface area contributed by atoms with Crippen molar-refractivity contribution < 1.29 is 9.53 Å².